The van der Waals surface area contributed by atoms with Gasteiger partial charge in [0.2, 0.25) is 0 Å². The van der Waals surface area contributed by atoms with Crippen molar-refractivity contribution in [3.63, 3.8) is 0 Å². The molecule has 0 nitrogen and oxygen atoms in total. The van der Waals surface area contributed by atoms with E-state index in [0.29, 0.717) is 0 Å². The summed E-state index contributed by atoms with van der Waals surface area (Å²) in [5.74, 6) is 0. The summed E-state index contributed by atoms with van der Waals surface area (Å²) in [6.45, 7) is 0. The van der Waals surface area contributed by atoms with Crippen LogP contribution in [0.1, 0.15) is 34.3 Å². The zero-order valence-corrected chi connectivity index (χ0v) is 21.1. The van der Waals surface area contributed by atoms with Crippen molar-refractivity contribution in [3.05, 3.63) is 157 Å². The molecule has 0 heteroatoms. The van der Waals surface area contributed by atoms with Gasteiger partial charge in [-0.15, -0.1) is 0 Å². The summed E-state index contributed by atoms with van der Waals surface area (Å²) < 4.78 is 224. The van der Waals surface area contributed by atoms with Crippen molar-refractivity contribution in [3.8, 4) is 22.3 Å². The average Bonchev–Trinajstić information content (AvgIpc) is 3.29. The molecule has 0 radical (unpaired) electrons. The maximum atomic E-state index is 9.65. The van der Waals surface area contributed by atoms with Gasteiger partial charge in [-0.2, -0.15) is 0 Å². The van der Waals surface area contributed by atoms with Gasteiger partial charge in [0.15, 0.2) is 0 Å². The van der Waals surface area contributed by atoms with Crippen LogP contribution >= 0.6 is 0 Å². The highest BCUT2D eigenvalue weighted by Gasteiger charge is 2.17. The first kappa shape index (κ1) is 9.54. The van der Waals surface area contributed by atoms with Gasteiger partial charge in [0.05, 0.1) is 34.3 Å². The lowest BCUT2D eigenvalue weighted by atomic mass is 9.85. The molecule has 0 unspecified atom stereocenters. The second kappa shape index (κ2) is 9.03. The summed E-state index contributed by atoms with van der Waals surface area (Å²) in [5, 5.41) is -6.20. The second-order valence-electron chi connectivity index (χ2n) is 9.33. The van der Waals surface area contributed by atoms with E-state index in [9.17, 15) is 12.3 Å². The van der Waals surface area contributed by atoms with Gasteiger partial charge in [-0.25, -0.2) is 0 Å². The molecule has 0 bridgehead atoms. The Morgan fingerprint density at radius 2 is 0.667 bits per heavy atom. The van der Waals surface area contributed by atoms with Gasteiger partial charge < -0.3 is 0 Å². The molecule has 194 valence electrons. The topological polar surface area (TPSA) is 0 Å². The van der Waals surface area contributed by atoms with Crippen LogP contribution in [0.3, 0.4) is 0 Å². The third-order valence-electron chi connectivity index (χ3n) is 7.08. The van der Waals surface area contributed by atoms with Gasteiger partial charge in [-0.1, -0.05) is 145 Å². The van der Waals surface area contributed by atoms with E-state index in [2.05, 4.69) is 0 Å². The maximum Gasteiger partial charge on any atom is 0.0636 e. The minimum absolute atomic E-state index is 0.426. The van der Waals surface area contributed by atoms with Gasteiger partial charge in [-0.3, -0.25) is 0 Å². The molecule has 0 fully saturated rings. The standard InChI is InChI=1S/C42H26/c1-3-11-33-27(9-1)17-19-29-25-31(21-23-35(29)33)41-37-13-5-7-15-39(37)42(40-16-8-6-14-38(40)41)32-22-24-36-30(26-32)20-18-28-10-2-4-12-34(28)36/h1-26H/i1D,2D,3D,4D,5D,6D,7D,8D,9D,10D,11D,12D,13D,14D,15D,17D,18D,19D,20D,21D,22D,23D,24D,25D,26D. The van der Waals surface area contributed by atoms with E-state index >= 15 is 0 Å². The monoisotopic (exact) mass is 555 g/mol. The summed E-state index contributed by atoms with van der Waals surface area (Å²) in [6.07, 6.45) is 0. The Hall–Kier alpha value is -5.46. The Morgan fingerprint density at radius 3 is 1.21 bits per heavy atom. The average molecular weight is 556 g/mol. The molecule has 0 heterocycles. The number of rotatable bonds is 2. The molecule has 0 saturated carbocycles. The fourth-order valence-corrected chi connectivity index (χ4v) is 5.26. The summed E-state index contributed by atoms with van der Waals surface area (Å²) in [5.41, 5.74) is -2.49. The van der Waals surface area contributed by atoms with Crippen LogP contribution < -0.4 is 0 Å². The van der Waals surface area contributed by atoms with Gasteiger partial charge in [-0.05, 0) is 99.0 Å². The van der Waals surface area contributed by atoms with E-state index < -0.39 is 238 Å². The molecule has 0 spiro atoms. The largest absolute Gasteiger partial charge is 0.0636 e. The number of fused-ring (bicyclic) bond motifs is 8. The molecule has 0 N–H and O–H groups in total. The third-order valence-corrected chi connectivity index (χ3v) is 7.08. The first-order chi connectivity index (χ1) is 31.3. The molecule has 9 aromatic carbocycles. The lowest BCUT2D eigenvalue weighted by Gasteiger charge is -2.18. The van der Waals surface area contributed by atoms with Crippen LogP contribution in [0.15, 0.2) is 157 Å². The Morgan fingerprint density at radius 1 is 0.286 bits per heavy atom. The molecule has 0 aliphatic rings. The molecule has 0 aliphatic heterocycles. The minimum atomic E-state index is -0.926. The van der Waals surface area contributed by atoms with Crippen molar-refractivity contribution in [2.24, 2.45) is 0 Å². The predicted molar refractivity (Wildman–Crippen MR) is 182 cm³/mol. The predicted octanol–water partition coefficient (Wildman–Crippen LogP) is 11.9. The number of benzene rings is 9. The normalized spacial score (nSPS) is 20.1. The molecule has 42 heavy (non-hydrogen) atoms. The number of hydrogen-bond donors (Lipinski definition) is 0. The first-order valence-electron chi connectivity index (χ1n) is 25.1. The van der Waals surface area contributed by atoms with E-state index in [4.69, 9.17) is 21.9 Å². The van der Waals surface area contributed by atoms with Gasteiger partial charge >= 0.3 is 0 Å². The van der Waals surface area contributed by atoms with Crippen molar-refractivity contribution in [2.45, 2.75) is 0 Å². The zero-order valence-electron chi connectivity index (χ0n) is 46.1. The zero-order chi connectivity index (χ0) is 49.4. The number of hydrogen-bond acceptors (Lipinski definition) is 0. The van der Waals surface area contributed by atoms with E-state index in [1.165, 1.54) is 0 Å². The Labute approximate surface area is 279 Å². The molecule has 0 aromatic heterocycles. The van der Waals surface area contributed by atoms with Crippen LogP contribution in [0, 0.1) is 0 Å². The van der Waals surface area contributed by atoms with Crippen LogP contribution in [0.25, 0.3) is 86.9 Å². The second-order valence-corrected chi connectivity index (χ2v) is 9.33. The van der Waals surface area contributed by atoms with E-state index in [1.54, 1.807) is 0 Å². The minimum Gasteiger partial charge on any atom is -0.0616 e. The molecule has 0 saturated heterocycles. The first-order valence-corrected chi connectivity index (χ1v) is 12.6. The fraction of sp³-hybridized carbons (Fsp3) is 0. The highest BCUT2D eigenvalue weighted by Crippen LogP contribution is 2.45. The maximum absolute atomic E-state index is 9.65. The van der Waals surface area contributed by atoms with Crippen LogP contribution in [-0.2, 0) is 0 Å². The lowest BCUT2D eigenvalue weighted by Crippen LogP contribution is -1.91. The highest BCUT2D eigenvalue weighted by atomic mass is 14.2. The third kappa shape index (κ3) is 3.42. The van der Waals surface area contributed by atoms with Crippen molar-refractivity contribution < 1.29 is 34.3 Å². The SMILES string of the molecule is [2H]c1cc2c(-c3c([2H])c([2H])c4c(c3[2H])c([2H])c([2H])c3c([2H])c([2H])c([2H])c([2H])c34)c3c([2H])c([2H])c([2H])c([2H])c3c(-c3c([2H])c([2H])c4c(c3[2H])c([2H])c([2H])c3c([2H])c([2H])c([2H])c([2H])c34)c2c([2H])c1[2H]. The van der Waals surface area contributed by atoms with Crippen LogP contribution in [-0.4, -0.2) is 0 Å². The molecule has 9 rings (SSSR count). The molecule has 0 atom stereocenters. The molecule has 9 aromatic rings. The Balaban J connectivity index is 1.60. The van der Waals surface area contributed by atoms with Crippen molar-refractivity contribution in [1.29, 1.82) is 0 Å². The molecule has 0 aliphatic carbocycles. The van der Waals surface area contributed by atoms with Gasteiger partial charge in [0, 0.05) is 0 Å². The van der Waals surface area contributed by atoms with E-state index in [-0.39, 0.29) is 0 Å². The van der Waals surface area contributed by atoms with Crippen molar-refractivity contribution in [1.82, 2.24) is 0 Å². The summed E-state index contributed by atoms with van der Waals surface area (Å²) in [6, 6.07) is -19.5. The molecular weight excluding hydrogens is 504 g/mol. The van der Waals surface area contributed by atoms with Crippen LogP contribution in [0.4, 0.5) is 0 Å². The van der Waals surface area contributed by atoms with Crippen molar-refractivity contribution >= 4 is 64.6 Å². The molecule has 0 amide bonds. The summed E-state index contributed by atoms with van der Waals surface area (Å²) in [7, 11) is 0. The fourth-order valence-electron chi connectivity index (χ4n) is 5.26. The van der Waals surface area contributed by atoms with Crippen LogP contribution in [0.2, 0.25) is 0 Å². The van der Waals surface area contributed by atoms with Gasteiger partial charge in [0.1, 0.15) is 0 Å². The smallest absolute Gasteiger partial charge is 0.0616 e. The van der Waals surface area contributed by atoms with Gasteiger partial charge in [0.25, 0.3) is 0 Å². The van der Waals surface area contributed by atoms with Crippen LogP contribution in [0.5, 0.6) is 0 Å². The molecular formula is C42H26. The lowest BCUT2D eigenvalue weighted by molar-refractivity contribution is 1.69. The highest BCUT2D eigenvalue weighted by molar-refractivity contribution is 6.23. The quantitative estimate of drug-likeness (QED) is 0.147. The summed E-state index contributed by atoms with van der Waals surface area (Å²) in [4.78, 5) is 0. The van der Waals surface area contributed by atoms with Crippen molar-refractivity contribution in [2.75, 3.05) is 0 Å². The Bertz CT molecular complexity index is 3910. The summed E-state index contributed by atoms with van der Waals surface area (Å²) >= 11 is 0. The van der Waals surface area contributed by atoms with E-state index in [1.807, 2.05) is 0 Å². The van der Waals surface area contributed by atoms with E-state index in [0.717, 1.165) is 6.07 Å². The Kier molecular flexibility index (Phi) is 2.05.